The Bertz CT molecular complexity index is 1750. The number of anilines is 2. The van der Waals surface area contributed by atoms with Gasteiger partial charge in [0.1, 0.15) is 5.04 Å². The van der Waals surface area contributed by atoms with E-state index in [1.54, 1.807) is 11.8 Å². The Hall–Kier alpha value is -4.61. The van der Waals surface area contributed by atoms with Crippen molar-refractivity contribution >= 4 is 33.9 Å². The van der Waals surface area contributed by atoms with Gasteiger partial charge < -0.3 is 0 Å². The van der Waals surface area contributed by atoms with Gasteiger partial charge in [-0.2, -0.15) is 10.2 Å². The van der Waals surface area contributed by atoms with E-state index in [0.29, 0.717) is 0 Å². The van der Waals surface area contributed by atoms with Crippen LogP contribution in [0.1, 0.15) is 40.3 Å². The summed E-state index contributed by atoms with van der Waals surface area (Å²) in [5.41, 5.74) is 9.94. The lowest BCUT2D eigenvalue weighted by atomic mass is 9.92. The van der Waals surface area contributed by atoms with Crippen LogP contribution in [-0.4, -0.2) is 10.8 Å². The van der Waals surface area contributed by atoms with Crippen LogP contribution < -0.4 is 10.0 Å². The van der Waals surface area contributed by atoms with Gasteiger partial charge in [0.25, 0.3) is 0 Å². The Labute approximate surface area is 245 Å². The summed E-state index contributed by atoms with van der Waals surface area (Å²) >= 11 is 1.74. The molecular weight excluding hydrogens is 520 g/mol. The molecule has 2 aliphatic heterocycles. The third kappa shape index (κ3) is 4.34. The van der Waals surface area contributed by atoms with Gasteiger partial charge in [0.15, 0.2) is 0 Å². The molecule has 0 fully saturated rings. The summed E-state index contributed by atoms with van der Waals surface area (Å²) < 4.78 is 0. The number of hydrogen-bond acceptors (Lipinski definition) is 5. The highest BCUT2D eigenvalue weighted by atomic mass is 32.2. The molecule has 41 heavy (non-hydrogen) atoms. The first-order chi connectivity index (χ1) is 20.2. The van der Waals surface area contributed by atoms with Gasteiger partial charge in [-0.1, -0.05) is 122 Å². The molecule has 1 spiro atoms. The molecule has 0 amide bonds. The monoisotopic (exact) mass is 550 g/mol. The summed E-state index contributed by atoms with van der Waals surface area (Å²) in [4.78, 5) is -0.785. The van der Waals surface area contributed by atoms with Crippen LogP contribution in [0, 0.1) is 6.92 Å². The second-order valence-corrected chi connectivity index (χ2v) is 11.5. The number of benzene rings is 5. The first-order valence-corrected chi connectivity index (χ1v) is 14.8. The van der Waals surface area contributed by atoms with Crippen LogP contribution in [0.2, 0.25) is 0 Å². The molecule has 0 saturated carbocycles. The second kappa shape index (κ2) is 10.4. The molecule has 4 nitrogen and oxygen atoms in total. The molecule has 0 saturated heterocycles. The van der Waals surface area contributed by atoms with E-state index in [4.69, 9.17) is 10.2 Å². The number of nitrogens with zero attached hydrogens (tertiary/aromatic N) is 4. The maximum absolute atomic E-state index is 5.49. The summed E-state index contributed by atoms with van der Waals surface area (Å²) in [6, 6.07) is 47.0. The van der Waals surface area contributed by atoms with Gasteiger partial charge in [-0.05, 0) is 54.9 Å². The molecule has 0 radical (unpaired) electrons. The van der Waals surface area contributed by atoms with Crippen LogP contribution in [0.3, 0.4) is 0 Å². The molecule has 0 aromatic heterocycles. The van der Waals surface area contributed by atoms with Crippen LogP contribution in [0.25, 0.3) is 0 Å². The van der Waals surface area contributed by atoms with Crippen LogP contribution in [0.4, 0.5) is 11.4 Å². The molecule has 5 aromatic rings. The quantitative estimate of drug-likeness (QED) is 0.220. The zero-order valence-electron chi connectivity index (χ0n) is 23.1. The van der Waals surface area contributed by atoms with Crippen molar-refractivity contribution in [3.63, 3.8) is 0 Å². The smallest absolute Gasteiger partial charge is 0.223 e. The van der Waals surface area contributed by atoms with E-state index < -0.39 is 4.99 Å². The van der Waals surface area contributed by atoms with E-state index in [0.717, 1.165) is 50.8 Å². The number of hydrazone groups is 2. The highest BCUT2D eigenvalue weighted by Gasteiger charge is 2.55. The predicted molar refractivity (Wildman–Crippen MR) is 173 cm³/mol. The fourth-order valence-corrected chi connectivity index (χ4v) is 6.90. The van der Waals surface area contributed by atoms with Gasteiger partial charge in [0.05, 0.1) is 17.1 Å². The van der Waals surface area contributed by atoms with Crippen molar-refractivity contribution in [1.82, 2.24) is 0 Å². The van der Waals surface area contributed by atoms with Crippen molar-refractivity contribution < 1.29 is 0 Å². The summed E-state index contributed by atoms with van der Waals surface area (Å²) in [6.45, 7) is 4.30. The van der Waals surface area contributed by atoms with Gasteiger partial charge in [-0.15, -0.1) is 0 Å². The topological polar surface area (TPSA) is 31.2 Å². The van der Waals surface area contributed by atoms with E-state index in [2.05, 4.69) is 145 Å². The van der Waals surface area contributed by atoms with E-state index >= 15 is 0 Å². The normalized spacial score (nSPS) is 17.8. The summed E-state index contributed by atoms with van der Waals surface area (Å²) in [7, 11) is 0. The minimum atomic E-state index is -0.785. The maximum Gasteiger partial charge on any atom is 0.234 e. The lowest BCUT2D eigenvalue weighted by Gasteiger charge is -2.47. The Morgan fingerprint density at radius 3 is 1.80 bits per heavy atom. The zero-order chi connectivity index (χ0) is 27.8. The van der Waals surface area contributed by atoms with E-state index in [1.807, 2.05) is 12.1 Å². The first kappa shape index (κ1) is 25.4. The van der Waals surface area contributed by atoms with E-state index in [9.17, 15) is 0 Å². The van der Waals surface area contributed by atoms with Gasteiger partial charge in [0, 0.05) is 22.3 Å². The molecule has 200 valence electrons. The first-order valence-electron chi connectivity index (χ1n) is 14.0. The molecule has 1 unspecified atom stereocenters. The number of hydrogen-bond donors (Lipinski definition) is 0. The standard InChI is InChI=1S/C36H30N4S/c1-3-27-20-24-28(25-21-27)34-32-16-10-11-17-33(32)36(39(37-34)30-12-6-4-7-13-30)40(31-14-8-5-9-15-31)38-35(41-36)29-22-18-26(2)19-23-29/h4-25H,3H2,1-2H3. The maximum atomic E-state index is 5.49. The average molecular weight is 551 g/mol. The third-order valence-electron chi connectivity index (χ3n) is 7.67. The highest BCUT2D eigenvalue weighted by Crippen LogP contribution is 2.55. The lowest BCUT2D eigenvalue weighted by Crippen LogP contribution is -2.54. The Morgan fingerprint density at radius 2 is 1.17 bits per heavy atom. The average Bonchev–Trinajstić information content (AvgIpc) is 3.43. The predicted octanol–water partition coefficient (Wildman–Crippen LogP) is 8.56. The molecule has 0 bridgehead atoms. The van der Waals surface area contributed by atoms with Crippen LogP contribution in [-0.2, 0) is 11.4 Å². The van der Waals surface area contributed by atoms with Crippen LogP contribution in [0.15, 0.2) is 144 Å². The van der Waals surface area contributed by atoms with Crippen molar-refractivity contribution in [2.24, 2.45) is 10.2 Å². The molecule has 0 aliphatic carbocycles. The Morgan fingerprint density at radius 1 is 0.610 bits per heavy atom. The van der Waals surface area contributed by atoms with E-state index in [-0.39, 0.29) is 0 Å². The molecule has 0 N–H and O–H groups in total. The number of thioether (sulfide) groups is 1. The number of aryl methyl sites for hydroxylation is 2. The number of rotatable bonds is 5. The van der Waals surface area contributed by atoms with Gasteiger partial charge >= 0.3 is 0 Å². The van der Waals surface area contributed by atoms with Crippen molar-refractivity contribution in [2.45, 2.75) is 25.3 Å². The fraction of sp³-hybridized carbons (Fsp3) is 0.111. The molecule has 2 heterocycles. The zero-order valence-corrected chi connectivity index (χ0v) is 23.9. The fourth-order valence-electron chi connectivity index (χ4n) is 5.50. The van der Waals surface area contributed by atoms with Crippen molar-refractivity contribution in [3.8, 4) is 0 Å². The summed E-state index contributed by atoms with van der Waals surface area (Å²) in [5, 5.41) is 16.1. The van der Waals surface area contributed by atoms with Crippen molar-refractivity contribution in [2.75, 3.05) is 10.0 Å². The Kier molecular flexibility index (Phi) is 6.44. The van der Waals surface area contributed by atoms with Crippen molar-refractivity contribution in [3.05, 3.63) is 167 Å². The number of para-hydroxylation sites is 2. The number of fused-ring (bicyclic) bond motifs is 2. The minimum Gasteiger partial charge on any atom is -0.223 e. The molecule has 5 aromatic carbocycles. The molecule has 5 heteroatoms. The van der Waals surface area contributed by atoms with Gasteiger partial charge in [0.2, 0.25) is 4.99 Å². The van der Waals surface area contributed by atoms with Crippen LogP contribution in [0.5, 0.6) is 0 Å². The molecule has 7 rings (SSSR count). The summed E-state index contributed by atoms with van der Waals surface area (Å²) in [5.74, 6) is 0. The lowest BCUT2D eigenvalue weighted by molar-refractivity contribution is 0.550. The van der Waals surface area contributed by atoms with E-state index in [1.165, 1.54) is 11.1 Å². The van der Waals surface area contributed by atoms with Crippen LogP contribution >= 0.6 is 11.8 Å². The molecular formula is C36H30N4S. The van der Waals surface area contributed by atoms with Gasteiger partial charge in [-0.25, -0.2) is 10.0 Å². The third-order valence-corrected chi connectivity index (χ3v) is 9.03. The van der Waals surface area contributed by atoms with Crippen molar-refractivity contribution in [1.29, 1.82) is 0 Å². The summed E-state index contributed by atoms with van der Waals surface area (Å²) in [6.07, 6.45) is 1.00. The largest absolute Gasteiger partial charge is 0.234 e. The second-order valence-electron chi connectivity index (χ2n) is 10.3. The molecule has 1 atom stereocenters. The SMILES string of the molecule is CCc1ccc(C2=NN(c3ccccc3)C3(SC(c4ccc(C)cc4)=NN3c3ccccc3)c3ccccc32)cc1. The molecule has 2 aliphatic rings. The Balaban J connectivity index is 1.49. The highest BCUT2D eigenvalue weighted by molar-refractivity contribution is 8.15. The van der Waals surface area contributed by atoms with Gasteiger partial charge in [-0.3, -0.25) is 0 Å². The minimum absolute atomic E-state index is 0.785.